The molecule has 0 aliphatic carbocycles. The highest BCUT2D eigenvalue weighted by Gasteiger charge is 2.25. The first-order valence-corrected chi connectivity index (χ1v) is 7.66. The minimum Gasteiger partial charge on any atom is -0.398 e. The predicted octanol–water partition coefficient (Wildman–Crippen LogP) is 2.27. The fourth-order valence-corrected chi connectivity index (χ4v) is 3.58. The van der Waals surface area contributed by atoms with Gasteiger partial charge in [0.2, 0.25) is 0 Å². The highest BCUT2D eigenvalue weighted by Crippen LogP contribution is 2.28. The van der Waals surface area contributed by atoms with Gasteiger partial charge >= 0.3 is 0 Å². The Morgan fingerprint density at radius 3 is 2.48 bits per heavy atom. The molecule has 0 saturated heterocycles. The van der Waals surface area contributed by atoms with Gasteiger partial charge in [0, 0.05) is 7.05 Å². The van der Waals surface area contributed by atoms with E-state index >= 15 is 0 Å². The number of benzene rings is 2. The maximum absolute atomic E-state index is 12.7. The number of anilines is 2. The van der Waals surface area contributed by atoms with E-state index in [1.54, 1.807) is 43.3 Å². The number of nitriles is 1. The van der Waals surface area contributed by atoms with Crippen LogP contribution in [0.15, 0.2) is 47.4 Å². The molecule has 0 spiro atoms. The monoisotopic (exact) mass is 301 g/mol. The van der Waals surface area contributed by atoms with Gasteiger partial charge in [0.05, 0.1) is 23.0 Å². The van der Waals surface area contributed by atoms with Crippen molar-refractivity contribution < 1.29 is 8.42 Å². The van der Waals surface area contributed by atoms with Crippen molar-refractivity contribution in [3.05, 3.63) is 53.6 Å². The third-order valence-corrected chi connectivity index (χ3v) is 5.21. The lowest BCUT2D eigenvalue weighted by molar-refractivity contribution is 0.594. The Kier molecular flexibility index (Phi) is 3.87. The van der Waals surface area contributed by atoms with Gasteiger partial charge in [-0.15, -0.1) is 0 Å². The number of sulfonamides is 1. The van der Waals surface area contributed by atoms with Crippen LogP contribution in [0.3, 0.4) is 0 Å². The number of rotatable bonds is 3. The van der Waals surface area contributed by atoms with E-state index in [0.29, 0.717) is 16.8 Å². The van der Waals surface area contributed by atoms with Crippen molar-refractivity contribution in [1.29, 1.82) is 5.26 Å². The first-order valence-electron chi connectivity index (χ1n) is 6.22. The zero-order chi connectivity index (χ0) is 15.6. The lowest BCUT2D eigenvalue weighted by Crippen LogP contribution is -2.28. The molecule has 2 aromatic carbocycles. The normalized spacial score (nSPS) is 10.9. The summed E-state index contributed by atoms with van der Waals surface area (Å²) >= 11 is 0. The molecular weight excluding hydrogens is 286 g/mol. The minimum atomic E-state index is -3.78. The molecule has 2 aromatic rings. The van der Waals surface area contributed by atoms with Crippen LogP contribution in [0, 0.1) is 18.3 Å². The highest BCUT2D eigenvalue weighted by molar-refractivity contribution is 7.93. The van der Waals surface area contributed by atoms with E-state index in [1.165, 1.54) is 13.1 Å². The van der Waals surface area contributed by atoms with E-state index in [4.69, 9.17) is 11.0 Å². The standard InChI is InChI=1S/C15H15N3O2S/c1-11-5-3-8-14(17)15(11)21(19,20)18(2)13-7-4-6-12(9-13)10-16/h3-9H,17H2,1-2H3. The topological polar surface area (TPSA) is 87.2 Å². The first kappa shape index (κ1) is 14.9. The van der Waals surface area contributed by atoms with Crippen molar-refractivity contribution in [2.24, 2.45) is 0 Å². The second-order valence-electron chi connectivity index (χ2n) is 4.63. The van der Waals surface area contributed by atoms with Gasteiger partial charge < -0.3 is 5.73 Å². The predicted molar refractivity (Wildman–Crippen MR) is 82.3 cm³/mol. The maximum Gasteiger partial charge on any atom is 0.266 e. The van der Waals surface area contributed by atoms with Crippen LogP contribution in [0.1, 0.15) is 11.1 Å². The van der Waals surface area contributed by atoms with E-state index in [1.807, 2.05) is 6.07 Å². The second-order valence-corrected chi connectivity index (χ2v) is 6.53. The van der Waals surface area contributed by atoms with Gasteiger partial charge in [0.1, 0.15) is 4.90 Å². The molecule has 0 unspecified atom stereocenters. The summed E-state index contributed by atoms with van der Waals surface area (Å²) in [6, 6.07) is 13.4. The van der Waals surface area contributed by atoms with Crippen LogP contribution in [0.5, 0.6) is 0 Å². The molecule has 108 valence electrons. The molecule has 0 atom stereocenters. The van der Waals surface area contributed by atoms with E-state index in [2.05, 4.69) is 0 Å². The average molecular weight is 301 g/mol. The molecule has 0 saturated carbocycles. The Morgan fingerprint density at radius 1 is 1.19 bits per heavy atom. The summed E-state index contributed by atoms with van der Waals surface area (Å²) in [5.41, 5.74) is 7.42. The molecule has 6 heteroatoms. The number of hydrogen-bond donors (Lipinski definition) is 1. The summed E-state index contributed by atoms with van der Waals surface area (Å²) in [5, 5.41) is 8.91. The summed E-state index contributed by atoms with van der Waals surface area (Å²) in [7, 11) is -2.34. The molecule has 0 aliphatic rings. The first-order chi connectivity index (χ1) is 9.87. The van der Waals surface area contributed by atoms with Crippen LogP contribution in [-0.2, 0) is 10.0 Å². The van der Waals surface area contributed by atoms with Crippen molar-refractivity contribution in [2.75, 3.05) is 17.1 Å². The summed E-state index contributed by atoms with van der Waals surface area (Å²) in [5.74, 6) is 0. The SMILES string of the molecule is Cc1cccc(N)c1S(=O)(=O)N(C)c1cccc(C#N)c1. The fourth-order valence-electron chi connectivity index (χ4n) is 2.07. The van der Waals surface area contributed by atoms with Crippen LogP contribution >= 0.6 is 0 Å². The zero-order valence-electron chi connectivity index (χ0n) is 11.7. The summed E-state index contributed by atoms with van der Waals surface area (Å²) in [6.07, 6.45) is 0. The average Bonchev–Trinajstić information content (AvgIpc) is 2.46. The van der Waals surface area contributed by atoms with Crippen LogP contribution < -0.4 is 10.0 Å². The molecule has 0 amide bonds. The van der Waals surface area contributed by atoms with E-state index in [0.717, 1.165) is 4.31 Å². The number of nitrogen functional groups attached to an aromatic ring is 1. The lowest BCUT2D eigenvalue weighted by Gasteiger charge is -2.21. The molecule has 2 rings (SSSR count). The van der Waals surface area contributed by atoms with Gasteiger partial charge in [-0.1, -0.05) is 18.2 Å². The third-order valence-electron chi connectivity index (χ3n) is 3.20. The Hall–Kier alpha value is -2.52. The molecule has 2 N–H and O–H groups in total. The molecular formula is C15H15N3O2S. The number of aryl methyl sites for hydroxylation is 1. The van der Waals surface area contributed by atoms with Crippen LogP contribution in [0.2, 0.25) is 0 Å². The van der Waals surface area contributed by atoms with Gasteiger partial charge in [-0.3, -0.25) is 4.31 Å². The molecule has 21 heavy (non-hydrogen) atoms. The molecule has 0 aliphatic heterocycles. The molecule has 0 aromatic heterocycles. The van der Waals surface area contributed by atoms with E-state index in [-0.39, 0.29) is 10.6 Å². The Bertz CT molecular complexity index is 803. The molecule has 0 heterocycles. The molecule has 0 radical (unpaired) electrons. The number of nitrogens with zero attached hydrogens (tertiary/aromatic N) is 2. The van der Waals surface area contributed by atoms with Crippen LogP contribution in [-0.4, -0.2) is 15.5 Å². The fraction of sp³-hybridized carbons (Fsp3) is 0.133. The summed E-state index contributed by atoms with van der Waals surface area (Å²) in [6.45, 7) is 1.70. The Morgan fingerprint density at radius 2 is 1.86 bits per heavy atom. The van der Waals surface area contributed by atoms with Gasteiger partial charge in [-0.25, -0.2) is 8.42 Å². The van der Waals surface area contributed by atoms with Crippen molar-refractivity contribution in [2.45, 2.75) is 11.8 Å². The molecule has 0 bridgehead atoms. The largest absolute Gasteiger partial charge is 0.398 e. The summed E-state index contributed by atoms with van der Waals surface area (Å²) in [4.78, 5) is 0.0925. The molecule has 0 fully saturated rings. The highest BCUT2D eigenvalue weighted by atomic mass is 32.2. The third kappa shape index (κ3) is 2.69. The smallest absolute Gasteiger partial charge is 0.266 e. The van der Waals surface area contributed by atoms with Crippen molar-refractivity contribution in [1.82, 2.24) is 0 Å². The van der Waals surface area contributed by atoms with E-state index < -0.39 is 10.0 Å². The van der Waals surface area contributed by atoms with Gasteiger partial charge in [0.25, 0.3) is 10.0 Å². The minimum absolute atomic E-state index is 0.0925. The van der Waals surface area contributed by atoms with Gasteiger partial charge in [-0.05, 0) is 36.8 Å². The summed E-state index contributed by atoms with van der Waals surface area (Å²) < 4.78 is 26.6. The quantitative estimate of drug-likeness (QED) is 0.881. The zero-order valence-corrected chi connectivity index (χ0v) is 12.6. The Labute approximate surface area is 124 Å². The number of hydrogen-bond acceptors (Lipinski definition) is 4. The van der Waals surface area contributed by atoms with Crippen molar-refractivity contribution >= 4 is 21.4 Å². The van der Waals surface area contributed by atoms with Crippen LogP contribution in [0.4, 0.5) is 11.4 Å². The molecule has 5 nitrogen and oxygen atoms in total. The van der Waals surface area contributed by atoms with Crippen molar-refractivity contribution in [3.8, 4) is 6.07 Å². The van der Waals surface area contributed by atoms with Crippen molar-refractivity contribution in [3.63, 3.8) is 0 Å². The van der Waals surface area contributed by atoms with Gasteiger partial charge in [-0.2, -0.15) is 5.26 Å². The van der Waals surface area contributed by atoms with E-state index in [9.17, 15) is 8.42 Å². The van der Waals surface area contributed by atoms with Crippen LogP contribution in [0.25, 0.3) is 0 Å². The maximum atomic E-state index is 12.7. The lowest BCUT2D eigenvalue weighted by atomic mass is 10.2. The second kappa shape index (κ2) is 5.46. The Balaban J connectivity index is 2.56. The number of nitrogens with two attached hydrogens (primary N) is 1. The van der Waals surface area contributed by atoms with Gasteiger partial charge in [0.15, 0.2) is 0 Å².